The predicted octanol–water partition coefficient (Wildman–Crippen LogP) is 1.81. The molecule has 0 aliphatic carbocycles. The lowest BCUT2D eigenvalue weighted by atomic mass is 10.0. The minimum atomic E-state index is -0.344. The molecule has 1 aromatic carbocycles. The number of aromatic nitrogens is 2. The van der Waals surface area contributed by atoms with E-state index in [9.17, 15) is 4.79 Å². The molecule has 0 radical (unpaired) electrons. The zero-order chi connectivity index (χ0) is 12.5. The average molecular weight is 237 g/mol. The van der Waals surface area contributed by atoms with Crippen LogP contribution in [-0.4, -0.2) is 15.9 Å². The van der Waals surface area contributed by atoms with Crippen LogP contribution in [-0.2, 0) is 11.2 Å². The summed E-state index contributed by atoms with van der Waals surface area (Å²) >= 11 is 0. The van der Waals surface area contributed by atoms with E-state index < -0.39 is 0 Å². The van der Waals surface area contributed by atoms with E-state index in [4.69, 9.17) is 5.73 Å². The van der Waals surface area contributed by atoms with Crippen molar-refractivity contribution < 1.29 is 4.79 Å². The second-order valence-electron chi connectivity index (χ2n) is 4.15. The maximum atomic E-state index is 11.1. The van der Waals surface area contributed by atoms with Crippen molar-refractivity contribution in [2.45, 2.75) is 6.42 Å². The lowest BCUT2D eigenvalue weighted by molar-refractivity contribution is -0.117. The van der Waals surface area contributed by atoms with E-state index in [1.54, 1.807) is 12.4 Å². The van der Waals surface area contributed by atoms with E-state index in [0.717, 1.165) is 27.4 Å². The Hall–Kier alpha value is -2.49. The minimum Gasteiger partial charge on any atom is -0.369 e. The summed E-state index contributed by atoms with van der Waals surface area (Å²) in [5.41, 5.74) is 7.84. The SMILES string of the molecule is NC(=O)Cc1cc2cccnc2c2ncccc12. The lowest BCUT2D eigenvalue weighted by Gasteiger charge is -2.07. The Bertz CT molecular complexity index is 752. The van der Waals surface area contributed by atoms with Crippen LogP contribution in [0.2, 0.25) is 0 Å². The summed E-state index contributed by atoms with van der Waals surface area (Å²) in [6.07, 6.45) is 3.68. The van der Waals surface area contributed by atoms with Crippen LogP contribution in [0.15, 0.2) is 42.7 Å². The van der Waals surface area contributed by atoms with E-state index in [-0.39, 0.29) is 12.3 Å². The molecule has 0 saturated carbocycles. The van der Waals surface area contributed by atoms with Gasteiger partial charge in [0.1, 0.15) is 0 Å². The first kappa shape index (κ1) is 10.7. The number of fused-ring (bicyclic) bond motifs is 3. The Balaban J connectivity index is 2.42. The van der Waals surface area contributed by atoms with Crippen molar-refractivity contribution in [3.05, 3.63) is 48.3 Å². The van der Waals surface area contributed by atoms with E-state index in [1.807, 2.05) is 30.3 Å². The molecule has 2 N–H and O–H groups in total. The fourth-order valence-corrected chi connectivity index (χ4v) is 2.18. The van der Waals surface area contributed by atoms with Gasteiger partial charge in [-0.05, 0) is 23.8 Å². The van der Waals surface area contributed by atoms with E-state index in [1.165, 1.54) is 0 Å². The number of hydrogen-bond donors (Lipinski definition) is 1. The van der Waals surface area contributed by atoms with Crippen molar-refractivity contribution in [2.24, 2.45) is 5.73 Å². The first-order chi connectivity index (χ1) is 8.75. The number of pyridine rings is 2. The number of hydrogen-bond acceptors (Lipinski definition) is 3. The van der Waals surface area contributed by atoms with E-state index >= 15 is 0 Å². The highest BCUT2D eigenvalue weighted by Crippen LogP contribution is 2.25. The Morgan fingerprint density at radius 2 is 1.83 bits per heavy atom. The van der Waals surface area contributed by atoms with Crippen molar-refractivity contribution in [1.82, 2.24) is 9.97 Å². The second kappa shape index (κ2) is 4.07. The van der Waals surface area contributed by atoms with Gasteiger partial charge in [0.15, 0.2) is 0 Å². The molecule has 2 heterocycles. The molecule has 18 heavy (non-hydrogen) atoms. The molecule has 0 spiro atoms. The monoisotopic (exact) mass is 237 g/mol. The molecule has 2 aromatic heterocycles. The van der Waals surface area contributed by atoms with Crippen LogP contribution in [0.3, 0.4) is 0 Å². The summed E-state index contributed by atoms with van der Waals surface area (Å²) < 4.78 is 0. The molecule has 88 valence electrons. The Morgan fingerprint density at radius 1 is 1.11 bits per heavy atom. The Morgan fingerprint density at radius 3 is 2.61 bits per heavy atom. The van der Waals surface area contributed by atoms with Gasteiger partial charge < -0.3 is 5.73 Å². The second-order valence-corrected chi connectivity index (χ2v) is 4.15. The quantitative estimate of drug-likeness (QED) is 0.691. The summed E-state index contributed by atoms with van der Waals surface area (Å²) in [7, 11) is 0. The molecular weight excluding hydrogens is 226 g/mol. The standard InChI is InChI=1S/C14H11N3O/c15-12(18)8-10-7-9-3-1-5-16-13(9)14-11(10)4-2-6-17-14/h1-7H,8H2,(H2,15,18). The topological polar surface area (TPSA) is 68.9 Å². The molecule has 4 nitrogen and oxygen atoms in total. The van der Waals surface area contributed by atoms with Crippen LogP contribution in [0, 0.1) is 0 Å². The largest absolute Gasteiger partial charge is 0.369 e. The molecule has 3 aromatic rings. The zero-order valence-electron chi connectivity index (χ0n) is 9.63. The maximum absolute atomic E-state index is 11.1. The van der Waals surface area contributed by atoms with Crippen molar-refractivity contribution in [1.29, 1.82) is 0 Å². The fourth-order valence-electron chi connectivity index (χ4n) is 2.18. The number of carbonyl (C=O) groups is 1. The van der Waals surface area contributed by atoms with Crippen LogP contribution in [0.25, 0.3) is 21.8 Å². The number of primary amides is 1. The van der Waals surface area contributed by atoms with E-state index in [0.29, 0.717) is 0 Å². The highest BCUT2D eigenvalue weighted by Gasteiger charge is 2.09. The molecule has 4 heteroatoms. The molecule has 0 unspecified atom stereocenters. The van der Waals surface area contributed by atoms with Crippen LogP contribution in [0.4, 0.5) is 0 Å². The number of nitrogens with zero attached hydrogens (tertiary/aromatic N) is 2. The van der Waals surface area contributed by atoms with Gasteiger partial charge in [-0.25, -0.2) is 0 Å². The van der Waals surface area contributed by atoms with Gasteiger partial charge in [-0.15, -0.1) is 0 Å². The average Bonchev–Trinajstić information content (AvgIpc) is 2.38. The van der Waals surface area contributed by atoms with Crippen LogP contribution in [0.1, 0.15) is 5.56 Å². The van der Waals surface area contributed by atoms with E-state index in [2.05, 4.69) is 9.97 Å². The van der Waals surface area contributed by atoms with Gasteiger partial charge in [-0.2, -0.15) is 0 Å². The molecular formula is C14H11N3O. The third-order valence-electron chi connectivity index (χ3n) is 2.91. The highest BCUT2D eigenvalue weighted by molar-refractivity contribution is 6.05. The minimum absolute atomic E-state index is 0.215. The van der Waals surface area contributed by atoms with Gasteiger partial charge in [0.2, 0.25) is 5.91 Å². The molecule has 0 bridgehead atoms. The number of benzene rings is 1. The van der Waals surface area contributed by atoms with Crippen LogP contribution in [0.5, 0.6) is 0 Å². The first-order valence-electron chi connectivity index (χ1n) is 5.65. The number of carbonyl (C=O) groups excluding carboxylic acids is 1. The predicted molar refractivity (Wildman–Crippen MR) is 69.9 cm³/mol. The van der Waals surface area contributed by atoms with Gasteiger partial charge in [-0.1, -0.05) is 12.1 Å². The maximum Gasteiger partial charge on any atom is 0.221 e. The van der Waals surface area contributed by atoms with Gasteiger partial charge in [-0.3, -0.25) is 14.8 Å². The summed E-state index contributed by atoms with van der Waals surface area (Å²) in [6, 6.07) is 9.57. The molecule has 0 aliphatic rings. The van der Waals surface area contributed by atoms with Gasteiger partial charge in [0, 0.05) is 23.2 Å². The zero-order valence-corrected chi connectivity index (χ0v) is 9.63. The third kappa shape index (κ3) is 1.68. The van der Waals surface area contributed by atoms with Crippen LogP contribution < -0.4 is 5.73 Å². The summed E-state index contributed by atoms with van der Waals surface area (Å²) in [5, 5.41) is 1.91. The number of nitrogens with two attached hydrogens (primary N) is 1. The number of amides is 1. The Labute approximate surface area is 103 Å². The van der Waals surface area contributed by atoms with Crippen molar-refractivity contribution >= 4 is 27.7 Å². The smallest absolute Gasteiger partial charge is 0.221 e. The van der Waals surface area contributed by atoms with Gasteiger partial charge in [0.25, 0.3) is 0 Å². The Kier molecular flexibility index (Phi) is 2.41. The van der Waals surface area contributed by atoms with Crippen molar-refractivity contribution in [3.63, 3.8) is 0 Å². The van der Waals surface area contributed by atoms with Crippen molar-refractivity contribution in [2.75, 3.05) is 0 Å². The summed E-state index contributed by atoms with van der Waals surface area (Å²) in [4.78, 5) is 19.8. The van der Waals surface area contributed by atoms with Gasteiger partial charge in [0.05, 0.1) is 17.5 Å². The van der Waals surface area contributed by atoms with Crippen molar-refractivity contribution in [3.8, 4) is 0 Å². The third-order valence-corrected chi connectivity index (χ3v) is 2.91. The summed E-state index contributed by atoms with van der Waals surface area (Å²) in [5.74, 6) is -0.344. The van der Waals surface area contributed by atoms with Gasteiger partial charge >= 0.3 is 0 Å². The molecule has 0 saturated heterocycles. The molecule has 1 amide bonds. The fraction of sp³-hybridized carbons (Fsp3) is 0.0714. The number of rotatable bonds is 2. The molecule has 0 aliphatic heterocycles. The highest BCUT2D eigenvalue weighted by atomic mass is 16.1. The molecule has 0 atom stereocenters. The molecule has 3 rings (SSSR count). The van der Waals surface area contributed by atoms with Crippen LogP contribution >= 0.6 is 0 Å². The normalized spacial score (nSPS) is 10.9. The lowest BCUT2D eigenvalue weighted by Crippen LogP contribution is -2.14. The molecule has 0 fully saturated rings. The first-order valence-corrected chi connectivity index (χ1v) is 5.65. The summed E-state index contributed by atoms with van der Waals surface area (Å²) in [6.45, 7) is 0.